The molecule has 1 saturated heterocycles. The van der Waals surface area contributed by atoms with Crippen molar-refractivity contribution < 1.29 is 27.4 Å². The van der Waals surface area contributed by atoms with E-state index < -0.39 is 30.5 Å². The average molecular weight is 346 g/mol. The summed E-state index contributed by atoms with van der Waals surface area (Å²) in [4.78, 5) is 13.6. The number of morpholine rings is 1. The maximum absolute atomic E-state index is 13.0. The highest BCUT2D eigenvalue weighted by atomic mass is 19.4. The number of benzene rings is 1. The molecule has 0 unspecified atom stereocenters. The van der Waals surface area contributed by atoms with Crippen LogP contribution in [0.25, 0.3) is 0 Å². The number of urea groups is 1. The zero-order valence-corrected chi connectivity index (χ0v) is 14.0. The number of nitrogens with one attached hydrogen (secondary N) is 1. The molecule has 1 aliphatic heterocycles. The Hall–Kier alpha value is -1.96. The van der Waals surface area contributed by atoms with Gasteiger partial charge in [0.2, 0.25) is 0 Å². The van der Waals surface area contributed by atoms with Gasteiger partial charge in [-0.15, -0.1) is 0 Å². The molecule has 0 bridgehead atoms. The predicted octanol–water partition coefficient (Wildman–Crippen LogP) is 3.58. The Morgan fingerprint density at radius 3 is 2.67 bits per heavy atom. The number of alkyl halides is 3. The molecule has 8 heteroatoms. The van der Waals surface area contributed by atoms with Crippen LogP contribution in [0.5, 0.6) is 5.75 Å². The lowest BCUT2D eigenvalue weighted by Gasteiger charge is -2.43. The summed E-state index contributed by atoms with van der Waals surface area (Å²) in [7, 11) is 1.46. The van der Waals surface area contributed by atoms with Crippen molar-refractivity contribution in [2.45, 2.75) is 38.7 Å². The van der Waals surface area contributed by atoms with Gasteiger partial charge in [0.25, 0.3) is 0 Å². The van der Waals surface area contributed by atoms with Crippen molar-refractivity contribution in [2.24, 2.45) is 0 Å². The molecule has 0 aliphatic carbocycles. The van der Waals surface area contributed by atoms with Gasteiger partial charge in [0.15, 0.2) is 6.10 Å². The number of rotatable bonds is 2. The van der Waals surface area contributed by atoms with Crippen LogP contribution in [0.3, 0.4) is 0 Å². The Morgan fingerprint density at radius 1 is 1.42 bits per heavy atom. The third kappa shape index (κ3) is 4.11. The van der Waals surface area contributed by atoms with Crippen molar-refractivity contribution in [3.63, 3.8) is 0 Å². The molecule has 2 rings (SSSR count). The Morgan fingerprint density at radius 2 is 2.08 bits per heavy atom. The van der Waals surface area contributed by atoms with Gasteiger partial charge in [-0.2, -0.15) is 13.2 Å². The topological polar surface area (TPSA) is 50.8 Å². The van der Waals surface area contributed by atoms with E-state index in [0.29, 0.717) is 11.4 Å². The maximum atomic E-state index is 13.0. The van der Waals surface area contributed by atoms with Gasteiger partial charge in [-0.3, -0.25) is 0 Å². The van der Waals surface area contributed by atoms with Crippen LogP contribution in [-0.2, 0) is 4.74 Å². The summed E-state index contributed by atoms with van der Waals surface area (Å²) in [6.07, 6.45) is -6.54. The molecule has 1 heterocycles. The lowest BCUT2D eigenvalue weighted by Crippen LogP contribution is -2.59. The fraction of sp³-hybridized carbons (Fsp3) is 0.562. The van der Waals surface area contributed by atoms with Gasteiger partial charge in [0.05, 0.1) is 31.5 Å². The van der Waals surface area contributed by atoms with E-state index in [9.17, 15) is 18.0 Å². The van der Waals surface area contributed by atoms with Gasteiger partial charge in [-0.1, -0.05) is 12.1 Å². The van der Waals surface area contributed by atoms with Gasteiger partial charge in [-0.25, -0.2) is 4.79 Å². The Kier molecular flexibility index (Phi) is 4.98. The van der Waals surface area contributed by atoms with Crippen molar-refractivity contribution >= 4 is 11.7 Å². The number of para-hydroxylation sites is 1. The molecule has 1 atom stereocenters. The summed E-state index contributed by atoms with van der Waals surface area (Å²) < 4.78 is 49.3. The normalized spacial score (nSPS) is 20.6. The number of ether oxygens (including phenoxy) is 2. The van der Waals surface area contributed by atoms with Crippen molar-refractivity contribution in [1.82, 2.24) is 4.90 Å². The fourth-order valence-electron chi connectivity index (χ4n) is 2.67. The van der Waals surface area contributed by atoms with Crippen molar-refractivity contribution in [1.29, 1.82) is 0 Å². The van der Waals surface area contributed by atoms with Gasteiger partial charge in [0.1, 0.15) is 5.75 Å². The van der Waals surface area contributed by atoms with Crippen LogP contribution in [0, 0.1) is 6.92 Å². The van der Waals surface area contributed by atoms with Crippen molar-refractivity contribution in [3.8, 4) is 5.75 Å². The first kappa shape index (κ1) is 18.4. The minimum Gasteiger partial charge on any atom is -0.495 e. The van der Waals surface area contributed by atoms with Gasteiger partial charge < -0.3 is 19.7 Å². The lowest BCUT2D eigenvalue weighted by molar-refractivity contribution is -0.267. The molecule has 1 fully saturated rings. The highest BCUT2D eigenvalue weighted by Crippen LogP contribution is 2.33. The fourth-order valence-corrected chi connectivity index (χ4v) is 2.67. The monoisotopic (exact) mass is 346 g/mol. The molecule has 5 nitrogen and oxygen atoms in total. The first-order valence-corrected chi connectivity index (χ1v) is 7.47. The summed E-state index contributed by atoms with van der Waals surface area (Å²) in [5.74, 6) is 0.447. The molecule has 1 aromatic rings. The van der Waals surface area contributed by atoms with Gasteiger partial charge >= 0.3 is 12.2 Å². The lowest BCUT2D eigenvalue weighted by atomic mass is 10.1. The molecule has 0 spiro atoms. The van der Waals surface area contributed by atoms with Crippen LogP contribution < -0.4 is 10.1 Å². The molecular formula is C16H21F3N2O3. The molecular weight excluding hydrogens is 325 g/mol. The molecule has 24 heavy (non-hydrogen) atoms. The van der Waals surface area contributed by atoms with Crippen LogP contribution in [0.2, 0.25) is 0 Å². The number of carbonyl (C=O) groups excluding carboxylic acids is 1. The van der Waals surface area contributed by atoms with E-state index in [1.165, 1.54) is 21.0 Å². The zero-order chi connectivity index (χ0) is 18.1. The number of amides is 2. The molecule has 1 aromatic carbocycles. The van der Waals surface area contributed by atoms with E-state index in [-0.39, 0.29) is 6.54 Å². The second-order valence-electron chi connectivity index (χ2n) is 6.37. The quantitative estimate of drug-likeness (QED) is 0.891. The summed E-state index contributed by atoms with van der Waals surface area (Å²) in [5, 5.41) is 2.65. The van der Waals surface area contributed by atoms with Crippen LogP contribution in [-0.4, -0.2) is 49.0 Å². The minimum absolute atomic E-state index is 0.0552. The molecule has 1 aliphatic rings. The van der Waals surface area contributed by atoms with Crippen molar-refractivity contribution in [3.05, 3.63) is 23.8 Å². The molecule has 0 aromatic heterocycles. The average Bonchev–Trinajstić information content (AvgIpc) is 2.46. The number of nitrogens with zero attached hydrogens (tertiary/aromatic N) is 1. The summed E-state index contributed by atoms with van der Waals surface area (Å²) in [6.45, 7) is 4.34. The van der Waals surface area contributed by atoms with Gasteiger partial charge in [0, 0.05) is 0 Å². The Bertz CT molecular complexity index is 617. The third-order valence-electron chi connectivity index (χ3n) is 3.76. The number of hydrogen-bond acceptors (Lipinski definition) is 3. The van der Waals surface area contributed by atoms with E-state index in [0.717, 1.165) is 10.5 Å². The minimum atomic E-state index is -4.53. The Balaban J connectivity index is 2.20. The standard InChI is InChI=1S/C16H21F3N2O3/c1-10-6-5-7-11(23-4)13(10)20-14(22)21-8-12(16(17,18)19)24-15(2,3)9-21/h5-7,12H,8-9H2,1-4H3,(H,20,22)/t12-/m0/s1. The SMILES string of the molecule is COc1cccc(C)c1NC(=O)N1C[C@@H](C(F)(F)F)OC(C)(C)C1. The maximum Gasteiger partial charge on any atom is 0.416 e. The van der Waals surface area contributed by atoms with E-state index in [1.807, 2.05) is 0 Å². The molecule has 1 N–H and O–H groups in total. The first-order chi connectivity index (χ1) is 11.0. The highest BCUT2D eigenvalue weighted by Gasteiger charge is 2.49. The van der Waals surface area contributed by atoms with Crippen LogP contribution in [0.1, 0.15) is 19.4 Å². The predicted molar refractivity (Wildman–Crippen MR) is 83.3 cm³/mol. The molecule has 0 radical (unpaired) electrons. The number of carbonyl (C=O) groups is 1. The van der Waals surface area contributed by atoms with Crippen LogP contribution in [0.15, 0.2) is 18.2 Å². The smallest absolute Gasteiger partial charge is 0.416 e. The molecule has 134 valence electrons. The van der Waals surface area contributed by atoms with Crippen molar-refractivity contribution in [2.75, 3.05) is 25.5 Å². The molecule has 2 amide bonds. The second-order valence-corrected chi connectivity index (χ2v) is 6.37. The van der Waals surface area contributed by atoms with Gasteiger partial charge in [-0.05, 0) is 32.4 Å². The summed E-state index contributed by atoms with van der Waals surface area (Å²) >= 11 is 0. The van der Waals surface area contributed by atoms with E-state index in [4.69, 9.17) is 9.47 Å². The third-order valence-corrected chi connectivity index (χ3v) is 3.76. The summed E-state index contributed by atoms with van der Waals surface area (Å²) in [5.41, 5.74) is 0.103. The van der Waals surface area contributed by atoms with E-state index >= 15 is 0 Å². The summed E-state index contributed by atoms with van der Waals surface area (Å²) in [6, 6.07) is 4.60. The second kappa shape index (κ2) is 6.51. The zero-order valence-electron chi connectivity index (χ0n) is 14.0. The number of anilines is 1. The number of methoxy groups -OCH3 is 1. The van der Waals surface area contributed by atoms with Crippen LogP contribution in [0.4, 0.5) is 23.7 Å². The Labute approximate surface area is 138 Å². The highest BCUT2D eigenvalue weighted by molar-refractivity contribution is 5.92. The number of halogens is 3. The molecule has 0 saturated carbocycles. The number of aryl methyl sites for hydroxylation is 1. The van der Waals surface area contributed by atoms with E-state index in [2.05, 4.69) is 5.32 Å². The van der Waals surface area contributed by atoms with Crippen LogP contribution >= 0.6 is 0 Å². The van der Waals surface area contributed by atoms with E-state index in [1.54, 1.807) is 25.1 Å². The number of hydrogen-bond donors (Lipinski definition) is 1. The first-order valence-electron chi connectivity index (χ1n) is 7.47. The largest absolute Gasteiger partial charge is 0.495 e.